The smallest absolute Gasteiger partial charge is 0.251 e. The number of piperidine rings is 1. The molecular formula is C18H22N4O2. The van der Waals surface area contributed by atoms with Crippen LogP contribution in [0, 0.1) is 11.3 Å². The van der Waals surface area contributed by atoms with E-state index >= 15 is 0 Å². The summed E-state index contributed by atoms with van der Waals surface area (Å²) in [6.45, 7) is 3.02. The van der Waals surface area contributed by atoms with Crippen LogP contribution in [0.1, 0.15) is 12.0 Å². The van der Waals surface area contributed by atoms with E-state index in [1.165, 1.54) is 0 Å². The molecule has 126 valence electrons. The van der Waals surface area contributed by atoms with Gasteiger partial charge in [-0.25, -0.2) is 0 Å². The summed E-state index contributed by atoms with van der Waals surface area (Å²) in [5.74, 6) is 0. The molecular weight excluding hydrogens is 304 g/mol. The van der Waals surface area contributed by atoms with Crippen molar-refractivity contribution in [2.24, 2.45) is 5.73 Å². The highest BCUT2D eigenvalue weighted by Crippen LogP contribution is 2.15. The molecule has 6 nitrogen and oxygen atoms in total. The van der Waals surface area contributed by atoms with Crippen molar-refractivity contribution in [2.45, 2.75) is 25.1 Å². The first-order chi connectivity index (χ1) is 11.6. The average Bonchev–Trinajstić information content (AvgIpc) is 2.61. The number of rotatable bonds is 4. The molecule has 1 aromatic carbocycles. The Bertz CT molecular complexity index is 824. The Morgan fingerprint density at radius 3 is 2.88 bits per heavy atom. The normalized spacial score (nSPS) is 21.7. The molecule has 0 bridgehead atoms. The Hall–Kier alpha value is -2.20. The summed E-state index contributed by atoms with van der Waals surface area (Å²) in [5.41, 5.74) is 7.37. The fourth-order valence-electron chi connectivity index (χ4n) is 3.28. The minimum Gasteiger partial charge on any atom is -0.379 e. The third-order valence-electron chi connectivity index (χ3n) is 4.76. The van der Waals surface area contributed by atoms with Crippen LogP contribution in [0.4, 0.5) is 0 Å². The lowest BCUT2D eigenvalue weighted by Crippen LogP contribution is -2.52. The van der Waals surface area contributed by atoms with E-state index < -0.39 is 0 Å². The second kappa shape index (κ2) is 7.14. The standard InChI is InChI=1S/C18H22N4O2/c1-24-17-12-21(7-6-15(17)20)8-9-22-16-10-13(11-19)2-3-14(16)4-5-18(22)23/h2-5,10,15,17H,6-9,12,20H2,1H3/t15-,17+/m1/s1. The van der Waals surface area contributed by atoms with E-state index in [1.807, 2.05) is 6.07 Å². The summed E-state index contributed by atoms with van der Waals surface area (Å²) in [5, 5.41) is 10.1. The second-order valence-electron chi connectivity index (χ2n) is 6.24. The number of hydrogen-bond donors (Lipinski definition) is 1. The Morgan fingerprint density at radius 2 is 2.12 bits per heavy atom. The topological polar surface area (TPSA) is 84.3 Å². The maximum atomic E-state index is 12.3. The fraction of sp³-hybridized carbons (Fsp3) is 0.444. The summed E-state index contributed by atoms with van der Waals surface area (Å²) >= 11 is 0. The molecule has 0 saturated carbocycles. The van der Waals surface area contributed by atoms with E-state index in [9.17, 15) is 4.79 Å². The number of pyridine rings is 1. The first-order valence-corrected chi connectivity index (χ1v) is 8.17. The summed E-state index contributed by atoms with van der Waals surface area (Å²) in [4.78, 5) is 14.6. The van der Waals surface area contributed by atoms with E-state index in [4.69, 9.17) is 15.7 Å². The van der Waals surface area contributed by atoms with Crippen molar-refractivity contribution in [3.8, 4) is 6.07 Å². The molecule has 1 aliphatic rings. The predicted octanol–water partition coefficient (Wildman–Crippen LogP) is 0.921. The molecule has 24 heavy (non-hydrogen) atoms. The maximum absolute atomic E-state index is 12.3. The molecule has 0 unspecified atom stereocenters. The molecule has 0 aliphatic carbocycles. The number of fused-ring (bicyclic) bond motifs is 1. The summed E-state index contributed by atoms with van der Waals surface area (Å²) in [6.07, 6.45) is 0.926. The van der Waals surface area contributed by atoms with Crippen LogP contribution < -0.4 is 11.3 Å². The molecule has 0 amide bonds. The summed E-state index contributed by atoms with van der Waals surface area (Å²) < 4.78 is 7.18. The minimum absolute atomic E-state index is 0.0354. The Labute approximate surface area is 141 Å². The van der Waals surface area contributed by atoms with Crippen LogP contribution in [0.2, 0.25) is 0 Å². The van der Waals surface area contributed by atoms with Crippen LogP contribution >= 0.6 is 0 Å². The largest absolute Gasteiger partial charge is 0.379 e. The van der Waals surface area contributed by atoms with Gasteiger partial charge in [0.25, 0.3) is 5.56 Å². The second-order valence-corrected chi connectivity index (χ2v) is 6.24. The van der Waals surface area contributed by atoms with Crippen molar-refractivity contribution in [3.05, 3.63) is 46.2 Å². The lowest BCUT2D eigenvalue weighted by atomic mass is 10.0. The molecule has 6 heteroatoms. The van der Waals surface area contributed by atoms with E-state index in [2.05, 4.69) is 11.0 Å². The first-order valence-electron chi connectivity index (χ1n) is 8.17. The highest BCUT2D eigenvalue weighted by Gasteiger charge is 2.26. The number of methoxy groups -OCH3 is 1. The molecule has 0 radical (unpaired) electrons. The number of nitrogens with two attached hydrogens (primary N) is 1. The van der Waals surface area contributed by atoms with Crippen LogP contribution in [0.25, 0.3) is 10.9 Å². The number of nitrogens with zero attached hydrogens (tertiary/aromatic N) is 3. The van der Waals surface area contributed by atoms with Crippen LogP contribution in [0.3, 0.4) is 0 Å². The van der Waals surface area contributed by atoms with Gasteiger partial charge in [0.1, 0.15) is 0 Å². The van der Waals surface area contributed by atoms with Gasteiger partial charge in [-0.05, 0) is 36.6 Å². The zero-order chi connectivity index (χ0) is 17.1. The SMILES string of the molecule is CO[C@H]1CN(CCn2c(=O)ccc3ccc(C#N)cc32)CC[C@H]1N. The average molecular weight is 326 g/mol. The monoisotopic (exact) mass is 326 g/mol. The quantitative estimate of drug-likeness (QED) is 0.903. The molecule has 2 aromatic rings. The molecule has 2 heterocycles. The van der Waals surface area contributed by atoms with Gasteiger partial charge in [0.15, 0.2) is 0 Å². The molecule has 1 aromatic heterocycles. The van der Waals surface area contributed by atoms with Crippen molar-refractivity contribution >= 4 is 10.9 Å². The van der Waals surface area contributed by atoms with Gasteiger partial charge in [-0.3, -0.25) is 9.69 Å². The van der Waals surface area contributed by atoms with E-state index in [-0.39, 0.29) is 17.7 Å². The number of hydrogen-bond acceptors (Lipinski definition) is 5. The van der Waals surface area contributed by atoms with Crippen LogP contribution in [0.5, 0.6) is 0 Å². The van der Waals surface area contributed by atoms with Gasteiger partial charge in [0, 0.05) is 38.9 Å². The Balaban J connectivity index is 1.81. The number of ether oxygens (including phenoxy) is 1. The highest BCUT2D eigenvalue weighted by atomic mass is 16.5. The molecule has 1 fully saturated rings. The molecule has 2 atom stereocenters. The molecule has 1 saturated heterocycles. The third-order valence-corrected chi connectivity index (χ3v) is 4.76. The Kier molecular flexibility index (Phi) is 4.95. The maximum Gasteiger partial charge on any atom is 0.251 e. The Morgan fingerprint density at radius 1 is 1.33 bits per heavy atom. The van der Waals surface area contributed by atoms with Gasteiger partial charge in [-0.15, -0.1) is 0 Å². The van der Waals surface area contributed by atoms with Crippen molar-refractivity contribution < 1.29 is 4.74 Å². The molecule has 1 aliphatic heterocycles. The fourth-order valence-corrected chi connectivity index (χ4v) is 3.28. The summed E-state index contributed by atoms with van der Waals surface area (Å²) in [6, 6.07) is 11.0. The van der Waals surface area contributed by atoms with Gasteiger partial charge in [-0.1, -0.05) is 6.07 Å². The molecule has 2 N–H and O–H groups in total. The van der Waals surface area contributed by atoms with Crippen LogP contribution in [-0.2, 0) is 11.3 Å². The van der Waals surface area contributed by atoms with E-state index in [0.717, 1.165) is 37.0 Å². The minimum atomic E-state index is -0.0467. The molecule has 0 spiro atoms. The van der Waals surface area contributed by atoms with Gasteiger partial charge in [-0.2, -0.15) is 5.26 Å². The molecule has 3 rings (SSSR count). The zero-order valence-electron chi connectivity index (χ0n) is 13.8. The van der Waals surface area contributed by atoms with E-state index in [1.54, 1.807) is 35.9 Å². The summed E-state index contributed by atoms with van der Waals surface area (Å²) in [7, 11) is 1.69. The van der Waals surface area contributed by atoms with Crippen LogP contribution in [-0.4, -0.2) is 48.4 Å². The number of likely N-dealkylation sites (tertiary alicyclic amines) is 1. The van der Waals surface area contributed by atoms with Crippen molar-refractivity contribution in [2.75, 3.05) is 26.7 Å². The highest BCUT2D eigenvalue weighted by molar-refractivity contribution is 5.80. The van der Waals surface area contributed by atoms with Gasteiger partial charge < -0.3 is 15.0 Å². The van der Waals surface area contributed by atoms with Crippen molar-refractivity contribution in [3.63, 3.8) is 0 Å². The predicted molar refractivity (Wildman–Crippen MR) is 92.8 cm³/mol. The van der Waals surface area contributed by atoms with Crippen molar-refractivity contribution in [1.82, 2.24) is 9.47 Å². The van der Waals surface area contributed by atoms with Crippen LogP contribution in [0.15, 0.2) is 35.1 Å². The zero-order valence-corrected chi connectivity index (χ0v) is 13.8. The van der Waals surface area contributed by atoms with Gasteiger partial charge in [0.2, 0.25) is 0 Å². The number of aromatic nitrogens is 1. The third kappa shape index (κ3) is 3.34. The lowest BCUT2D eigenvalue weighted by Gasteiger charge is -2.36. The first kappa shape index (κ1) is 16.7. The van der Waals surface area contributed by atoms with Gasteiger partial charge in [0.05, 0.1) is 23.3 Å². The number of benzene rings is 1. The van der Waals surface area contributed by atoms with Crippen molar-refractivity contribution in [1.29, 1.82) is 5.26 Å². The van der Waals surface area contributed by atoms with E-state index in [0.29, 0.717) is 12.1 Å². The lowest BCUT2D eigenvalue weighted by molar-refractivity contribution is 0.0158. The number of nitriles is 1. The van der Waals surface area contributed by atoms with Gasteiger partial charge >= 0.3 is 0 Å².